The Hall–Kier alpha value is -2.32. The van der Waals surface area contributed by atoms with Crippen molar-refractivity contribution in [2.24, 2.45) is 0 Å². The number of imide groups is 1. The summed E-state index contributed by atoms with van der Waals surface area (Å²) in [4.78, 5) is 40.2. The number of rotatable bonds is 3. The number of nitrogens with zero attached hydrogens (tertiary/aromatic N) is 1. The van der Waals surface area contributed by atoms with Crippen molar-refractivity contribution in [3.8, 4) is 0 Å². The third-order valence-electron chi connectivity index (χ3n) is 1.14. The van der Waals surface area contributed by atoms with Crippen molar-refractivity contribution in [3.05, 3.63) is 0 Å². The van der Waals surface area contributed by atoms with Gasteiger partial charge in [-0.1, -0.05) is 0 Å². The second-order valence-electron chi connectivity index (χ2n) is 2.01. The smallest absolute Gasteiger partial charge is 0.418 e. The monoisotopic (exact) mass is 207 g/mol. The molecule has 78 valence electrons. The average Bonchev–Trinajstić information content (AvgIpc) is 1.96. The molecule has 0 aromatic rings. The molecule has 0 heterocycles. The first-order valence-corrected chi connectivity index (χ1v) is 2.99. The molecular formula is C5H5NO8. The highest BCUT2D eigenvalue weighted by atomic mass is 16.4. The van der Waals surface area contributed by atoms with Crippen LogP contribution >= 0.6 is 0 Å². The van der Waals surface area contributed by atoms with E-state index in [1.54, 1.807) is 0 Å². The van der Waals surface area contributed by atoms with Crippen LogP contribution in [0.15, 0.2) is 0 Å². The van der Waals surface area contributed by atoms with Crippen molar-refractivity contribution < 1.29 is 39.6 Å². The van der Waals surface area contributed by atoms with Crippen molar-refractivity contribution in [3.63, 3.8) is 0 Å². The number of carboxylic acid groups (broad SMARTS) is 4. The molecule has 0 aliphatic rings. The van der Waals surface area contributed by atoms with E-state index in [2.05, 4.69) is 0 Å². The van der Waals surface area contributed by atoms with Gasteiger partial charge in [0.05, 0.1) is 0 Å². The second kappa shape index (κ2) is 4.07. The fraction of sp³-hybridized carbons (Fsp3) is 0.200. The van der Waals surface area contributed by atoms with Crippen LogP contribution in [0.25, 0.3) is 0 Å². The van der Waals surface area contributed by atoms with E-state index in [9.17, 15) is 19.2 Å². The minimum atomic E-state index is -2.66. The lowest BCUT2D eigenvalue weighted by atomic mass is 10.3. The van der Waals surface area contributed by atoms with Crippen LogP contribution in [0.1, 0.15) is 0 Å². The SMILES string of the molecule is O=C(O)C(C(=O)O)N(C(=O)O)C(=O)O. The van der Waals surface area contributed by atoms with E-state index in [4.69, 9.17) is 20.4 Å². The molecule has 4 N–H and O–H groups in total. The summed E-state index contributed by atoms with van der Waals surface area (Å²) in [5.41, 5.74) is 0. The molecule has 9 heteroatoms. The van der Waals surface area contributed by atoms with Gasteiger partial charge in [0.25, 0.3) is 0 Å². The molecular weight excluding hydrogens is 202 g/mol. The molecule has 0 rings (SSSR count). The maximum Gasteiger partial charge on any atom is 0.418 e. The van der Waals surface area contributed by atoms with Gasteiger partial charge in [-0.25, -0.2) is 19.2 Å². The fourth-order valence-electron chi connectivity index (χ4n) is 0.629. The molecule has 0 fully saturated rings. The van der Waals surface area contributed by atoms with Crippen molar-refractivity contribution in [2.75, 3.05) is 0 Å². The normalized spacial score (nSPS) is 9.50. The lowest BCUT2D eigenvalue weighted by Crippen LogP contribution is -2.51. The standard InChI is InChI=1S/C5H5NO8/c7-2(8)1(3(9)10)6(4(11)12)5(13)14/h1H,(H,7,8)(H,9,10)(H,11,12)(H,13,14). The maximum absolute atomic E-state index is 10.2. The molecule has 0 radical (unpaired) electrons. The van der Waals surface area contributed by atoms with E-state index in [0.29, 0.717) is 0 Å². The Bertz CT molecular complexity index is 238. The third kappa shape index (κ3) is 2.33. The number of carboxylic acids is 2. The minimum absolute atomic E-state index is 0.718. The molecule has 0 atom stereocenters. The summed E-state index contributed by atoms with van der Waals surface area (Å²) < 4.78 is 0. The highest BCUT2D eigenvalue weighted by Gasteiger charge is 2.40. The molecule has 0 bridgehead atoms. The van der Waals surface area contributed by atoms with Gasteiger partial charge in [-0.15, -0.1) is 0 Å². The summed E-state index contributed by atoms with van der Waals surface area (Å²) in [5, 5.41) is 33.0. The van der Waals surface area contributed by atoms with Crippen LogP contribution in [0.2, 0.25) is 0 Å². The summed E-state index contributed by atoms with van der Waals surface area (Å²) in [5.74, 6) is -4.16. The van der Waals surface area contributed by atoms with E-state index in [1.807, 2.05) is 0 Å². The molecule has 0 aliphatic heterocycles. The van der Waals surface area contributed by atoms with Crippen LogP contribution in [0.4, 0.5) is 9.59 Å². The van der Waals surface area contributed by atoms with Crippen molar-refractivity contribution in [1.29, 1.82) is 0 Å². The Morgan fingerprint density at radius 3 is 1.14 bits per heavy atom. The zero-order chi connectivity index (χ0) is 11.5. The molecule has 14 heavy (non-hydrogen) atoms. The molecule has 0 unspecified atom stereocenters. The van der Waals surface area contributed by atoms with E-state index >= 15 is 0 Å². The Kier molecular flexibility index (Phi) is 3.40. The number of aliphatic carboxylic acids is 2. The van der Waals surface area contributed by atoms with Crippen LogP contribution < -0.4 is 0 Å². The van der Waals surface area contributed by atoms with Gasteiger partial charge in [0.2, 0.25) is 6.04 Å². The van der Waals surface area contributed by atoms with Crippen LogP contribution in [0.3, 0.4) is 0 Å². The summed E-state index contributed by atoms with van der Waals surface area (Å²) in [7, 11) is 0. The number of amides is 2. The second-order valence-corrected chi connectivity index (χ2v) is 2.01. The molecule has 2 amide bonds. The highest BCUT2D eigenvalue weighted by Crippen LogP contribution is 2.02. The Balaban J connectivity index is 5.13. The number of carbonyl (C=O) groups is 4. The Labute approximate surface area is 75.8 Å². The van der Waals surface area contributed by atoms with Gasteiger partial charge in [0, 0.05) is 0 Å². The fourth-order valence-corrected chi connectivity index (χ4v) is 0.629. The van der Waals surface area contributed by atoms with Crippen molar-refractivity contribution in [1.82, 2.24) is 4.90 Å². The van der Waals surface area contributed by atoms with Gasteiger partial charge in [0.1, 0.15) is 0 Å². The molecule has 0 saturated heterocycles. The lowest BCUT2D eigenvalue weighted by molar-refractivity contribution is -0.154. The molecule has 0 aliphatic carbocycles. The third-order valence-corrected chi connectivity index (χ3v) is 1.14. The van der Waals surface area contributed by atoms with E-state index < -0.39 is 35.1 Å². The van der Waals surface area contributed by atoms with Crippen LogP contribution in [0.5, 0.6) is 0 Å². The predicted molar refractivity (Wildman–Crippen MR) is 36.9 cm³/mol. The van der Waals surface area contributed by atoms with Gasteiger partial charge in [0.15, 0.2) is 0 Å². The van der Waals surface area contributed by atoms with Crippen LogP contribution in [0, 0.1) is 0 Å². The average molecular weight is 207 g/mol. The van der Waals surface area contributed by atoms with Gasteiger partial charge >= 0.3 is 24.1 Å². The zero-order valence-electron chi connectivity index (χ0n) is 6.45. The quantitative estimate of drug-likeness (QED) is 0.438. The first kappa shape index (κ1) is 11.7. The zero-order valence-corrected chi connectivity index (χ0v) is 6.45. The molecule has 0 spiro atoms. The largest absolute Gasteiger partial charge is 0.479 e. The van der Waals surface area contributed by atoms with Crippen LogP contribution in [-0.2, 0) is 9.59 Å². The topological polar surface area (TPSA) is 152 Å². The van der Waals surface area contributed by atoms with Gasteiger partial charge in [-0.3, -0.25) is 0 Å². The summed E-state index contributed by atoms with van der Waals surface area (Å²) >= 11 is 0. The van der Waals surface area contributed by atoms with Gasteiger partial charge in [-0.2, -0.15) is 4.90 Å². The Morgan fingerprint density at radius 2 is 1.07 bits per heavy atom. The van der Waals surface area contributed by atoms with Crippen molar-refractivity contribution in [2.45, 2.75) is 6.04 Å². The van der Waals surface area contributed by atoms with Crippen LogP contribution in [-0.4, -0.2) is 55.5 Å². The van der Waals surface area contributed by atoms with E-state index in [-0.39, 0.29) is 0 Å². The first-order chi connectivity index (χ1) is 6.29. The van der Waals surface area contributed by atoms with Gasteiger partial charge < -0.3 is 20.4 Å². The number of hydrogen-bond acceptors (Lipinski definition) is 4. The lowest BCUT2D eigenvalue weighted by Gasteiger charge is -2.17. The maximum atomic E-state index is 10.2. The first-order valence-electron chi connectivity index (χ1n) is 2.99. The highest BCUT2D eigenvalue weighted by molar-refractivity contribution is 6.04. The van der Waals surface area contributed by atoms with Gasteiger partial charge in [-0.05, 0) is 0 Å². The number of hydrogen-bond donors (Lipinski definition) is 4. The summed E-state index contributed by atoms with van der Waals surface area (Å²) in [6.07, 6.45) is -4.35. The molecule has 0 saturated carbocycles. The summed E-state index contributed by atoms with van der Waals surface area (Å²) in [6, 6.07) is -2.66. The van der Waals surface area contributed by atoms with E-state index in [0.717, 1.165) is 0 Å². The van der Waals surface area contributed by atoms with E-state index in [1.165, 1.54) is 0 Å². The molecule has 0 aromatic heterocycles. The molecule has 0 aromatic carbocycles. The Morgan fingerprint density at radius 1 is 0.786 bits per heavy atom. The molecule has 9 nitrogen and oxygen atoms in total. The predicted octanol–water partition coefficient (Wildman–Crippen LogP) is -0.818. The van der Waals surface area contributed by atoms with Crippen molar-refractivity contribution >= 4 is 24.1 Å². The minimum Gasteiger partial charge on any atom is -0.479 e. The summed E-state index contributed by atoms with van der Waals surface area (Å²) in [6.45, 7) is 0.